The number of carbonyl (C=O) groups is 1. The van der Waals surface area contributed by atoms with E-state index in [-0.39, 0.29) is 19.0 Å². The fraction of sp³-hybridized carbons (Fsp3) is 0.364. The Bertz CT molecular complexity index is 531. The Kier molecular flexibility index (Phi) is 4.26. The lowest BCUT2D eigenvalue weighted by Crippen LogP contribution is -2.39. The second-order valence-electron chi connectivity index (χ2n) is 4.04. The molecule has 0 spiro atoms. The largest absolute Gasteiger partial charge is 0.440 e. The summed E-state index contributed by atoms with van der Waals surface area (Å²) in [7, 11) is 0. The summed E-state index contributed by atoms with van der Waals surface area (Å²) in [6.45, 7) is -1.52. The number of ether oxygens (including phenoxy) is 1. The number of cyclic esters (lactones) is 1. The first-order valence-corrected chi connectivity index (χ1v) is 6.29. The number of hydrogen-bond donors (Lipinski definition) is 0. The van der Waals surface area contributed by atoms with E-state index in [1.54, 1.807) is 12.1 Å². The highest BCUT2D eigenvalue weighted by molar-refractivity contribution is 9.10. The molecule has 1 aromatic rings. The van der Waals surface area contributed by atoms with Crippen LogP contribution in [0.1, 0.15) is 5.56 Å². The van der Waals surface area contributed by atoms with Crippen LogP contribution in [0.25, 0.3) is 0 Å². The zero-order valence-electron chi connectivity index (χ0n) is 10.0. The van der Waals surface area contributed by atoms with Crippen LogP contribution in [-0.2, 0) is 11.3 Å². The topological polar surface area (TPSA) is 54.8 Å². The lowest BCUT2D eigenvalue weighted by atomic mass is 10.2. The van der Waals surface area contributed by atoms with Crippen molar-refractivity contribution in [3.63, 3.8) is 0 Å². The Morgan fingerprint density at radius 1 is 1.40 bits per heavy atom. The Morgan fingerprint density at radius 2 is 2.15 bits per heavy atom. The Morgan fingerprint density at radius 3 is 2.65 bits per heavy atom. The van der Waals surface area contributed by atoms with E-state index in [1.807, 2.05) is 0 Å². The summed E-state index contributed by atoms with van der Waals surface area (Å²) in [5, 5.41) is 0. The number of amides is 1. The molecule has 5 nitrogen and oxygen atoms in total. The third-order valence-corrected chi connectivity index (χ3v) is 2.91. The maximum Gasteiger partial charge on any atom is 0.435 e. The van der Waals surface area contributed by atoms with Gasteiger partial charge in [0.05, 0.1) is 0 Å². The maximum atomic E-state index is 12.6. The van der Waals surface area contributed by atoms with Crippen LogP contribution in [0.4, 0.5) is 18.0 Å². The lowest BCUT2D eigenvalue weighted by Gasteiger charge is -2.24. The number of rotatable bonds is 3. The second-order valence-corrected chi connectivity index (χ2v) is 4.86. The minimum absolute atomic E-state index is 0.0322. The molecule has 0 aliphatic carbocycles. The standard InChI is InChI=1S/C11H9BrF3N3O2/c12-8-2-1-7(3-16-8)4-18(6-11(13,14)15)9-5-20-10(19)17-9/h1-3H,4-6H2. The second kappa shape index (κ2) is 5.78. The summed E-state index contributed by atoms with van der Waals surface area (Å²) in [6.07, 6.45) is -3.83. The molecule has 0 fully saturated rings. The number of halogens is 4. The van der Waals surface area contributed by atoms with Gasteiger partial charge in [-0.15, -0.1) is 0 Å². The number of aromatic nitrogens is 1. The zero-order valence-corrected chi connectivity index (χ0v) is 11.6. The van der Waals surface area contributed by atoms with Crippen LogP contribution in [0.5, 0.6) is 0 Å². The van der Waals surface area contributed by atoms with Gasteiger partial charge in [-0.25, -0.2) is 9.78 Å². The average molecular weight is 352 g/mol. The van der Waals surface area contributed by atoms with Crippen molar-refractivity contribution < 1.29 is 22.7 Å². The predicted molar refractivity (Wildman–Crippen MR) is 67.2 cm³/mol. The van der Waals surface area contributed by atoms with Gasteiger partial charge in [0.25, 0.3) is 0 Å². The van der Waals surface area contributed by atoms with E-state index in [4.69, 9.17) is 0 Å². The van der Waals surface area contributed by atoms with Crippen molar-refractivity contribution in [1.29, 1.82) is 0 Å². The van der Waals surface area contributed by atoms with Crippen LogP contribution in [0.15, 0.2) is 27.9 Å². The van der Waals surface area contributed by atoms with Crippen molar-refractivity contribution >= 4 is 27.9 Å². The average Bonchev–Trinajstić information content (AvgIpc) is 2.76. The third-order valence-electron chi connectivity index (χ3n) is 2.44. The molecule has 0 N–H and O–H groups in total. The van der Waals surface area contributed by atoms with Gasteiger partial charge in [-0.05, 0) is 27.6 Å². The molecule has 2 heterocycles. The van der Waals surface area contributed by atoms with Crippen LogP contribution in [-0.4, -0.2) is 41.1 Å². The van der Waals surface area contributed by atoms with Crippen molar-refractivity contribution in [1.82, 2.24) is 9.88 Å². The Labute approximate surface area is 120 Å². The minimum Gasteiger partial charge on any atom is -0.440 e. The van der Waals surface area contributed by atoms with Crippen molar-refractivity contribution in [3.8, 4) is 0 Å². The normalized spacial score (nSPS) is 15.0. The zero-order chi connectivity index (χ0) is 14.8. The van der Waals surface area contributed by atoms with Crippen molar-refractivity contribution in [3.05, 3.63) is 28.5 Å². The first-order valence-electron chi connectivity index (χ1n) is 5.50. The predicted octanol–water partition coefficient (Wildman–Crippen LogP) is 2.76. The number of pyridine rings is 1. The summed E-state index contributed by atoms with van der Waals surface area (Å²) in [5.41, 5.74) is 0.569. The monoisotopic (exact) mass is 351 g/mol. The van der Waals surface area contributed by atoms with E-state index in [0.717, 1.165) is 4.90 Å². The summed E-state index contributed by atoms with van der Waals surface area (Å²) < 4.78 is 42.9. The molecular formula is C11H9BrF3N3O2. The summed E-state index contributed by atoms with van der Waals surface area (Å²) in [4.78, 5) is 19.2. The van der Waals surface area contributed by atoms with E-state index < -0.39 is 18.8 Å². The molecule has 0 atom stereocenters. The molecule has 1 aromatic heterocycles. The van der Waals surface area contributed by atoms with Gasteiger partial charge in [0.2, 0.25) is 0 Å². The van der Waals surface area contributed by atoms with Gasteiger partial charge < -0.3 is 9.64 Å². The highest BCUT2D eigenvalue weighted by Crippen LogP contribution is 2.20. The summed E-state index contributed by atoms with van der Waals surface area (Å²) in [5.74, 6) is -0.0322. The van der Waals surface area contributed by atoms with Gasteiger partial charge in [0, 0.05) is 12.7 Å². The van der Waals surface area contributed by atoms with Crippen LogP contribution in [0.3, 0.4) is 0 Å². The van der Waals surface area contributed by atoms with Gasteiger partial charge in [-0.3, -0.25) is 0 Å². The van der Waals surface area contributed by atoms with Crippen LogP contribution in [0.2, 0.25) is 0 Å². The number of alkyl halides is 3. The molecular weight excluding hydrogens is 343 g/mol. The van der Waals surface area contributed by atoms with Gasteiger partial charge in [-0.1, -0.05) is 6.07 Å². The molecule has 108 valence electrons. The smallest absolute Gasteiger partial charge is 0.435 e. The van der Waals surface area contributed by atoms with E-state index >= 15 is 0 Å². The van der Waals surface area contributed by atoms with E-state index in [2.05, 4.69) is 30.6 Å². The van der Waals surface area contributed by atoms with E-state index in [9.17, 15) is 18.0 Å². The van der Waals surface area contributed by atoms with Crippen molar-refractivity contribution in [2.45, 2.75) is 12.7 Å². The quantitative estimate of drug-likeness (QED) is 0.785. The van der Waals surface area contributed by atoms with Gasteiger partial charge >= 0.3 is 12.3 Å². The molecule has 9 heteroatoms. The summed E-state index contributed by atoms with van der Waals surface area (Å²) >= 11 is 3.14. The van der Waals surface area contributed by atoms with Crippen LogP contribution >= 0.6 is 15.9 Å². The molecule has 0 aromatic carbocycles. The first-order chi connectivity index (χ1) is 9.33. The van der Waals surface area contributed by atoms with Crippen LogP contribution in [0, 0.1) is 0 Å². The van der Waals surface area contributed by atoms with Crippen molar-refractivity contribution in [2.24, 2.45) is 4.99 Å². The molecule has 0 unspecified atom stereocenters. The fourth-order valence-corrected chi connectivity index (χ4v) is 1.87. The van der Waals surface area contributed by atoms with Gasteiger partial charge in [0.15, 0.2) is 12.4 Å². The molecule has 0 saturated carbocycles. The molecule has 20 heavy (non-hydrogen) atoms. The molecule has 0 radical (unpaired) electrons. The number of hydrogen-bond acceptors (Lipinski definition) is 4. The Balaban J connectivity index is 2.16. The molecule has 0 saturated heterocycles. The van der Waals surface area contributed by atoms with Gasteiger partial charge in [-0.2, -0.15) is 18.2 Å². The summed E-state index contributed by atoms with van der Waals surface area (Å²) in [6, 6.07) is 3.26. The fourth-order valence-electron chi connectivity index (χ4n) is 1.63. The number of carbonyl (C=O) groups excluding carboxylic acids is 1. The highest BCUT2D eigenvalue weighted by Gasteiger charge is 2.34. The highest BCUT2D eigenvalue weighted by atomic mass is 79.9. The number of aliphatic imine (C=N–C) groups is 1. The van der Waals surface area contributed by atoms with E-state index in [0.29, 0.717) is 10.2 Å². The van der Waals surface area contributed by atoms with Gasteiger partial charge in [0.1, 0.15) is 11.1 Å². The lowest BCUT2D eigenvalue weighted by molar-refractivity contribution is -0.138. The molecule has 0 bridgehead atoms. The molecule has 1 aliphatic heterocycles. The molecule has 1 aliphatic rings. The first kappa shape index (κ1) is 14.8. The SMILES string of the molecule is O=C1N=C(N(Cc2ccc(Br)nc2)CC(F)(F)F)CO1. The molecule has 1 amide bonds. The van der Waals surface area contributed by atoms with E-state index in [1.165, 1.54) is 6.20 Å². The number of nitrogens with zero attached hydrogens (tertiary/aromatic N) is 3. The molecule has 2 rings (SSSR count). The Hall–Kier alpha value is -1.64. The van der Waals surface area contributed by atoms with Crippen LogP contribution < -0.4 is 0 Å². The minimum atomic E-state index is -4.41. The maximum absolute atomic E-state index is 12.6. The third kappa shape index (κ3) is 4.19. The number of amidine groups is 1. The van der Waals surface area contributed by atoms with Crippen molar-refractivity contribution in [2.75, 3.05) is 13.2 Å².